The van der Waals surface area contributed by atoms with Crippen molar-refractivity contribution in [2.75, 3.05) is 32.7 Å². The van der Waals surface area contributed by atoms with E-state index in [-0.39, 0.29) is 13.1 Å². The van der Waals surface area contributed by atoms with Crippen molar-refractivity contribution in [3.05, 3.63) is 71.3 Å². The molecule has 8 heteroatoms. The van der Waals surface area contributed by atoms with E-state index < -0.39 is 16.3 Å². The van der Waals surface area contributed by atoms with Gasteiger partial charge in [0.15, 0.2) is 0 Å². The highest BCUT2D eigenvalue weighted by molar-refractivity contribution is 7.87. The van der Waals surface area contributed by atoms with E-state index in [1.54, 1.807) is 0 Å². The number of hydrogen-bond donors (Lipinski definition) is 1. The van der Waals surface area contributed by atoms with Gasteiger partial charge in [0.1, 0.15) is 6.29 Å². The molecule has 2 heterocycles. The fourth-order valence-corrected chi connectivity index (χ4v) is 5.34. The first-order valence-electron chi connectivity index (χ1n) is 10.3. The van der Waals surface area contributed by atoms with Gasteiger partial charge in [-0.05, 0) is 16.7 Å². The molecule has 30 heavy (non-hydrogen) atoms. The summed E-state index contributed by atoms with van der Waals surface area (Å²) in [5, 5.41) is 0. The van der Waals surface area contributed by atoms with Gasteiger partial charge in [-0.2, -0.15) is 17.4 Å². The van der Waals surface area contributed by atoms with E-state index in [2.05, 4.69) is 57.0 Å². The van der Waals surface area contributed by atoms with E-state index in [9.17, 15) is 13.2 Å². The number of carbonyl (C=O) groups is 1. The second kappa shape index (κ2) is 9.36. The molecule has 160 valence electrons. The first kappa shape index (κ1) is 21.1. The topological polar surface area (TPSA) is 73.0 Å². The van der Waals surface area contributed by atoms with Gasteiger partial charge >= 0.3 is 0 Å². The number of piperazine rings is 1. The minimum atomic E-state index is -3.57. The van der Waals surface area contributed by atoms with Crippen LogP contribution in [0.15, 0.2) is 54.6 Å². The van der Waals surface area contributed by atoms with E-state index in [1.165, 1.54) is 15.4 Å². The summed E-state index contributed by atoms with van der Waals surface area (Å²) in [7, 11) is -3.57. The molecule has 4 rings (SSSR count). The van der Waals surface area contributed by atoms with Crippen LogP contribution >= 0.6 is 0 Å². The molecule has 1 unspecified atom stereocenters. The summed E-state index contributed by atoms with van der Waals surface area (Å²) in [5.74, 6) is 0. The van der Waals surface area contributed by atoms with E-state index in [0.29, 0.717) is 6.29 Å². The van der Waals surface area contributed by atoms with Gasteiger partial charge in [-0.3, -0.25) is 9.80 Å². The lowest BCUT2D eigenvalue weighted by Gasteiger charge is -2.34. The van der Waals surface area contributed by atoms with Gasteiger partial charge in [0.25, 0.3) is 10.2 Å². The third kappa shape index (κ3) is 5.33. The molecule has 2 fully saturated rings. The van der Waals surface area contributed by atoms with Crippen LogP contribution in [0.1, 0.15) is 16.7 Å². The van der Waals surface area contributed by atoms with Crippen molar-refractivity contribution in [2.45, 2.75) is 25.7 Å². The van der Waals surface area contributed by atoms with Gasteiger partial charge in [-0.15, -0.1) is 0 Å². The SMILES string of the molecule is O=CC1CN(Cc2ccc(CN3CCN(Cc4ccccc4)CC3)cc2)S(=O)(=O)N1. The third-order valence-corrected chi connectivity index (χ3v) is 7.27. The summed E-state index contributed by atoms with van der Waals surface area (Å²) in [6.45, 7) is 6.56. The van der Waals surface area contributed by atoms with Gasteiger partial charge in [0, 0.05) is 52.4 Å². The molecule has 0 saturated carbocycles. The number of aldehydes is 1. The standard InChI is InChI=1S/C22H28N4O3S/c27-18-22-17-26(30(28,29)23-22)16-21-8-6-20(7-9-21)15-25-12-10-24(11-13-25)14-19-4-2-1-3-5-19/h1-9,18,22-23H,10-17H2. The zero-order valence-corrected chi connectivity index (χ0v) is 17.8. The van der Waals surface area contributed by atoms with Crippen LogP contribution in [0.4, 0.5) is 0 Å². The first-order valence-corrected chi connectivity index (χ1v) is 11.7. The Morgan fingerprint density at radius 2 is 1.30 bits per heavy atom. The largest absolute Gasteiger partial charge is 0.302 e. The Kier molecular flexibility index (Phi) is 6.60. The first-order chi connectivity index (χ1) is 14.5. The second-order valence-electron chi connectivity index (χ2n) is 8.01. The van der Waals surface area contributed by atoms with Crippen LogP contribution in [0, 0.1) is 0 Å². The Hall–Kier alpha value is -2.10. The molecule has 2 aliphatic heterocycles. The fraction of sp³-hybridized carbons (Fsp3) is 0.409. The minimum absolute atomic E-state index is 0.181. The maximum absolute atomic E-state index is 12.1. The maximum Gasteiger partial charge on any atom is 0.280 e. The summed E-state index contributed by atoms with van der Waals surface area (Å²) in [5.41, 5.74) is 3.50. The second-order valence-corrected chi connectivity index (χ2v) is 9.71. The van der Waals surface area contributed by atoms with Crippen LogP contribution in [0.5, 0.6) is 0 Å². The van der Waals surface area contributed by atoms with Gasteiger partial charge in [0.2, 0.25) is 0 Å². The van der Waals surface area contributed by atoms with E-state index >= 15 is 0 Å². The Morgan fingerprint density at radius 3 is 1.80 bits per heavy atom. The van der Waals surface area contributed by atoms with Crippen molar-refractivity contribution in [3.8, 4) is 0 Å². The average Bonchev–Trinajstić information content (AvgIpc) is 3.05. The third-order valence-electron chi connectivity index (χ3n) is 5.71. The van der Waals surface area contributed by atoms with Crippen LogP contribution in [-0.4, -0.2) is 67.6 Å². The molecule has 0 bridgehead atoms. The van der Waals surface area contributed by atoms with Crippen LogP contribution in [-0.2, 0) is 34.6 Å². The molecule has 0 spiro atoms. The lowest BCUT2D eigenvalue weighted by atomic mass is 10.1. The van der Waals surface area contributed by atoms with Gasteiger partial charge in [-0.25, -0.2) is 0 Å². The molecule has 7 nitrogen and oxygen atoms in total. The van der Waals surface area contributed by atoms with Gasteiger partial charge < -0.3 is 4.79 Å². The summed E-state index contributed by atoms with van der Waals surface area (Å²) < 4.78 is 27.8. The molecule has 2 aromatic rings. The fourth-order valence-electron chi connectivity index (χ4n) is 4.00. The molecule has 2 saturated heterocycles. The number of nitrogens with zero attached hydrogens (tertiary/aromatic N) is 3. The van der Waals surface area contributed by atoms with Crippen LogP contribution in [0.25, 0.3) is 0 Å². The Balaban J connectivity index is 1.26. The van der Waals surface area contributed by atoms with Crippen molar-refractivity contribution < 1.29 is 13.2 Å². The molecular weight excluding hydrogens is 400 g/mol. The smallest absolute Gasteiger partial charge is 0.280 e. The number of benzene rings is 2. The summed E-state index contributed by atoms with van der Waals surface area (Å²) >= 11 is 0. The minimum Gasteiger partial charge on any atom is -0.302 e. The Labute approximate surface area is 178 Å². The summed E-state index contributed by atoms with van der Waals surface area (Å²) in [4.78, 5) is 15.8. The molecule has 2 aromatic carbocycles. The predicted octanol–water partition coefficient (Wildman–Crippen LogP) is 1.22. The van der Waals surface area contributed by atoms with Crippen LogP contribution in [0.3, 0.4) is 0 Å². The van der Waals surface area contributed by atoms with Crippen molar-refractivity contribution in [2.24, 2.45) is 0 Å². The van der Waals surface area contributed by atoms with E-state index in [0.717, 1.165) is 44.8 Å². The maximum atomic E-state index is 12.1. The lowest BCUT2D eigenvalue weighted by molar-refractivity contribution is -0.109. The molecule has 1 atom stereocenters. The normalized spacial score (nSPS) is 22.9. The number of hydrogen-bond acceptors (Lipinski definition) is 5. The lowest BCUT2D eigenvalue weighted by Crippen LogP contribution is -2.45. The summed E-state index contributed by atoms with van der Waals surface area (Å²) in [6.07, 6.45) is 0.639. The number of nitrogens with one attached hydrogen (secondary N) is 1. The molecule has 0 aliphatic carbocycles. The predicted molar refractivity (Wildman–Crippen MR) is 116 cm³/mol. The average molecular weight is 429 g/mol. The number of rotatable bonds is 7. The van der Waals surface area contributed by atoms with Crippen molar-refractivity contribution >= 4 is 16.5 Å². The quantitative estimate of drug-likeness (QED) is 0.672. The highest BCUT2D eigenvalue weighted by atomic mass is 32.2. The molecule has 0 amide bonds. The highest BCUT2D eigenvalue weighted by Gasteiger charge is 2.34. The Bertz CT molecular complexity index is 942. The number of carbonyl (C=O) groups excluding carboxylic acids is 1. The highest BCUT2D eigenvalue weighted by Crippen LogP contribution is 2.16. The summed E-state index contributed by atoms with van der Waals surface area (Å²) in [6, 6.07) is 18.0. The molecule has 0 radical (unpaired) electrons. The zero-order chi connectivity index (χ0) is 21.0. The molecule has 0 aromatic heterocycles. The van der Waals surface area contributed by atoms with E-state index in [1.807, 2.05) is 12.1 Å². The van der Waals surface area contributed by atoms with E-state index in [4.69, 9.17) is 0 Å². The van der Waals surface area contributed by atoms with Gasteiger partial charge in [0.05, 0.1) is 6.04 Å². The van der Waals surface area contributed by atoms with Gasteiger partial charge in [-0.1, -0.05) is 54.6 Å². The van der Waals surface area contributed by atoms with Crippen molar-refractivity contribution in [1.29, 1.82) is 0 Å². The molecular formula is C22H28N4O3S. The van der Waals surface area contributed by atoms with Crippen LogP contribution < -0.4 is 4.72 Å². The zero-order valence-electron chi connectivity index (χ0n) is 17.0. The molecule has 1 N–H and O–H groups in total. The van der Waals surface area contributed by atoms with Crippen LogP contribution in [0.2, 0.25) is 0 Å². The van der Waals surface area contributed by atoms with Crippen molar-refractivity contribution in [3.63, 3.8) is 0 Å². The Morgan fingerprint density at radius 1 is 0.800 bits per heavy atom. The monoisotopic (exact) mass is 428 g/mol. The van der Waals surface area contributed by atoms with Crippen molar-refractivity contribution in [1.82, 2.24) is 18.8 Å². The molecule has 2 aliphatic rings.